The Hall–Kier alpha value is -1.52. The van der Waals surface area contributed by atoms with E-state index in [1.54, 1.807) is 18.8 Å². The molecule has 2 heterocycles. The monoisotopic (exact) mass is 192 g/mol. The van der Waals surface area contributed by atoms with Crippen LogP contribution in [0.5, 0.6) is 0 Å². The highest BCUT2D eigenvalue weighted by Gasteiger charge is 2.18. The Kier molecular flexibility index (Phi) is 2.39. The van der Waals surface area contributed by atoms with Crippen LogP contribution < -0.4 is 11.3 Å². The summed E-state index contributed by atoms with van der Waals surface area (Å²) in [6.45, 7) is 1.98. The molecule has 74 valence electrons. The molecule has 0 fully saturated rings. The minimum atomic E-state index is -0.149. The van der Waals surface area contributed by atoms with Gasteiger partial charge in [0, 0.05) is 5.56 Å². The highest BCUT2D eigenvalue weighted by Crippen LogP contribution is 2.24. The molecule has 0 bridgehead atoms. The van der Waals surface area contributed by atoms with E-state index >= 15 is 0 Å². The smallest absolute Gasteiger partial charge is 0.129 e. The van der Waals surface area contributed by atoms with Crippen molar-refractivity contribution in [3.63, 3.8) is 0 Å². The number of nitrogens with two attached hydrogens (primary N) is 1. The van der Waals surface area contributed by atoms with Crippen LogP contribution in [0, 0.1) is 6.92 Å². The molecule has 0 aromatic carbocycles. The summed E-state index contributed by atoms with van der Waals surface area (Å²) in [6.07, 6.45) is 4.90. The van der Waals surface area contributed by atoms with Crippen molar-refractivity contribution in [2.24, 2.45) is 5.84 Å². The first-order chi connectivity index (χ1) is 6.83. The van der Waals surface area contributed by atoms with Gasteiger partial charge in [-0.25, -0.2) is 5.43 Å². The summed E-state index contributed by atoms with van der Waals surface area (Å²) in [5, 5.41) is 0. The number of rotatable bonds is 3. The van der Waals surface area contributed by atoms with E-state index in [-0.39, 0.29) is 6.04 Å². The number of hydrogen-bond donors (Lipinski definition) is 2. The molecule has 2 aromatic heterocycles. The van der Waals surface area contributed by atoms with E-state index in [2.05, 4.69) is 5.43 Å². The van der Waals surface area contributed by atoms with Gasteiger partial charge in [-0.1, -0.05) is 0 Å². The Labute approximate surface area is 81.7 Å². The lowest BCUT2D eigenvalue weighted by molar-refractivity contribution is 0.446. The summed E-state index contributed by atoms with van der Waals surface area (Å²) in [7, 11) is 0. The maximum Gasteiger partial charge on any atom is 0.129 e. The molecule has 0 aliphatic rings. The number of aryl methyl sites for hydroxylation is 1. The number of furan rings is 2. The van der Waals surface area contributed by atoms with Crippen LogP contribution in [0.3, 0.4) is 0 Å². The summed E-state index contributed by atoms with van der Waals surface area (Å²) in [4.78, 5) is 0. The van der Waals surface area contributed by atoms with E-state index in [4.69, 9.17) is 14.7 Å². The Balaban J connectivity index is 2.36. The topological polar surface area (TPSA) is 64.3 Å². The van der Waals surface area contributed by atoms with Crippen molar-refractivity contribution >= 4 is 0 Å². The molecule has 14 heavy (non-hydrogen) atoms. The Morgan fingerprint density at radius 1 is 1.36 bits per heavy atom. The molecule has 0 amide bonds. The van der Waals surface area contributed by atoms with Gasteiger partial charge < -0.3 is 8.83 Å². The third-order valence-electron chi connectivity index (χ3n) is 2.21. The fraction of sp³-hybridized carbons (Fsp3) is 0.200. The number of hydrazine groups is 1. The molecule has 0 radical (unpaired) electrons. The van der Waals surface area contributed by atoms with E-state index < -0.39 is 0 Å². The Bertz CT molecular complexity index is 392. The molecule has 0 spiro atoms. The van der Waals surface area contributed by atoms with Gasteiger partial charge in [0.25, 0.3) is 0 Å². The SMILES string of the molecule is Cc1ccoc1C(NN)c1ccoc1. The number of nitrogens with one attached hydrogen (secondary N) is 1. The molecule has 1 unspecified atom stereocenters. The van der Waals surface area contributed by atoms with Gasteiger partial charge in [0.2, 0.25) is 0 Å². The number of hydrogen-bond acceptors (Lipinski definition) is 4. The van der Waals surface area contributed by atoms with Crippen LogP contribution in [-0.4, -0.2) is 0 Å². The molecule has 2 rings (SSSR count). The van der Waals surface area contributed by atoms with Gasteiger partial charge in [-0.15, -0.1) is 0 Å². The average molecular weight is 192 g/mol. The first kappa shape index (κ1) is 9.05. The van der Waals surface area contributed by atoms with Crippen molar-refractivity contribution in [3.05, 3.63) is 47.8 Å². The quantitative estimate of drug-likeness (QED) is 0.574. The highest BCUT2D eigenvalue weighted by molar-refractivity contribution is 5.27. The lowest BCUT2D eigenvalue weighted by atomic mass is 10.1. The first-order valence-electron chi connectivity index (χ1n) is 4.35. The fourth-order valence-electron chi connectivity index (χ4n) is 1.44. The van der Waals surface area contributed by atoms with Gasteiger partial charge in [-0.2, -0.15) is 0 Å². The van der Waals surface area contributed by atoms with Crippen LogP contribution in [0.25, 0.3) is 0 Å². The molecule has 0 saturated carbocycles. The zero-order chi connectivity index (χ0) is 9.97. The molecule has 4 heteroatoms. The maximum atomic E-state index is 5.47. The summed E-state index contributed by atoms with van der Waals surface area (Å²) >= 11 is 0. The minimum Gasteiger partial charge on any atom is -0.472 e. The van der Waals surface area contributed by atoms with Crippen LogP contribution >= 0.6 is 0 Å². The van der Waals surface area contributed by atoms with Crippen LogP contribution in [-0.2, 0) is 0 Å². The molecule has 4 nitrogen and oxygen atoms in total. The van der Waals surface area contributed by atoms with Gasteiger partial charge in [0.1, 0.15) is 11.8 Å². The van der Waals surface area contributed by atoms with Crippen molar-refractivity contribution in [3.8, 4) is 0 Å². The molecule has 0 aliphatic carbocycles. The summed E-state index contributed by atoms with van der Waals surface area (Å²) < 4.78 is 10.4. The zero-order valence-corrected chi connectivity index (χ0v) is 7.86. The molecule has 1 atom stereocenters. The second-order valence-electron chi connectivity index (χ2n) is 3.12. The van der Waals surface area contributed by atoms with E-state index in [1.807, 2.05) is 19.1 Å². The van der Waals surface area contributed by atoms with E-state index in [0.29, 0.717) is 0 Å². The summed E-state index contributed by atoms with van der Waals surface area (Å²) in [5.41, 5.74) is 4.71. The largest absolute Gasteiger partial charge is 0.472 e. The van der Waals surface area contributed by atoms with Crippen molar-refractivity contribution in [2.45, 2.75) is 13.0 Å². The van der Waals surface area contributed by atoms with Gasteiger partial charge in [0.05, 0.1) is 18.8 Å². The van der Waals surface area contributed by atoms with E-state index in [1.165, 1.54) is 0 Å². The molecule has 3 N–H and O–H groups in total. The molecule has 2 aromatic rings. The van der Waals surface area contributed by atoms with Crippen LogP contribution in [0.15, 0.2) is 39.8 Å². The van der Waals surface area contributed by atoms with E-state index in [0.717, 1.165) is 16.9 Å². The third-order valence-corrected chi connectivity index (χ3v) is 2.21. The van der Waals surface area contributed by atoms with Crippen LogP contribution in [0.1, 0.15) is 22.9 Å². The summed E-state index contributed by atoms with van der Waals surface area (Å²) in [6, 6.07) is 3.61. The molecule has 0 aliphatic heterocycles. The van der Waals surface area contributed by atoms with Crippen molar-refractivity contribution in [2.75, 3.05) is 0 Å². The Morgan fingerprint density at radius 3 is 2.71 bits per heavy atom. The normalized spacial score (nSPS) is 13.0. The van der Waals surface area contributed by atoms with E-state index in [9.17, 15) is 0 Å². The van der Waals surface area contributed by atoms with Gasteiger partial charge in [-0.3, -0.25) is 5.84 Å². The van der Waals surface area contributed by atoms with Crippen molar-refractivity contribution < 1.29 is 8.83 Å². The standard InChI is InChI=1S/C10H12N2O2/c1-7-2-5-14-10(7)9(12-11)8-3-4-13-6-8/h2-6,9,12H,11H2,1H3. The van der Waals surface area contributed by atoms with Crippen molar-refractivity contribution in [1.29, 1.82) is 0 Å². The predicted molar refractivity (Wildman–Crippen MR) is 51.3 cm³/mol. The fourth-order valence-corrected chi connectivity index (χ4v) is 1.44. The molecular weight excluding hydrogens is 180 g/mol. The van der Waals surface area contributed by atoms with Crippen LogP contribution in [0.4, 0.5) is 0 Å². The minimum absolute atomic E-state index is 0.149. The van der Waals surface area contributed by atoms with Gasteiger partial charge >= 0.3 is 0 Å². The van der Waals surface area contributed by atoms with Crippen molar-refractivity contribution in [1.82, 2.24) is 5.43 Å². The third kappa shape index (κ3) is 1.45. The Morgan fingerprint density at radius 2 is 2.21 bits per heavy atom. The second-order valence-corrected chi connectivity index (χ2v) is 3.12. The van der Waals surface area contributed by atoms with Gasteiger partial charge in [-0.05, 0) is 24.6 Å². The van der Waals surface area contributed by atoms with Crippen LogP contribution in [0.2, 0.25) is 0 Å². The lowest BCUT2D eigenvalue weighted by Gasteiger charge is -2.11. The maximum absolute atomic E-state index is 5.47. The first-order valence-corrected chi connectivity index (χ1v) is 4.35. The molecule has 0 saturated heterocycles. The second kappa shape index (κ2) is 3.69. The lowest BCUT2D eigenvalue weighted by Crippen LogP contribution is -2.28. The summed E-state index contributed by atoms with van der Waals surface area (Å²) in [5.74, 6) is 6.29. The average Bonchev–Trinajstić information content (AvgIpc) is 2.80. The highest BCUT2D eigenvalue weighted by atomic mass is 16.3. The zero-order valence-electron chi connectivity index (χ0n) is 7.86. The molecular formula is C10H12N2O2. The van der Waals surface area contributed by atoms with Gasteiger partial charge in [0.15, 0.2) is 0 Å². The predicted octanol–water partition coefficient (Wildman–Crippen LogP) is 1.73.